The molecule has 0 aliphatic heterocycles. The summed E-state index contributed by atoms with van der Waals surface area (Å²) < 4.78 is 6.06. The molecule has 1 heterocycles. The Kier molecular flexibility index (Phi) is 6.83. The topological polar surface area (TPSA) is 79.5 Å². The van der Waals surface area contributed by atoms with Gasteiger partial charge >= 0.3 is 0 Å². The number of hydrogen-bond acceptors (Lipinski definition) is 5. The Balaban J connectivity index is 1.69. The molecule has 3 aromatic rings. The number of carbonyl (C=O) groups excluding carboxylic acids is 2. The molecule has 0 aliphatic carbocycles. The van der Waals surface area contributed by atoms with Crippen molar-refractivity contribution in [1.82, 2.24) is 5.32 Å². The number of fused-ring (bicyclic) bond motifs is 1. The number of hydrogen-bond donors (Lipinski definition) is 3. The van der Waals surface area contributed by atoms with Gasteiger partial charge in [-0.15, -0.1) is 11.3 Å². The van der Waals surface area contributed by atoms with Crippen molar-refractivity contribution in [3.63, 3.8) is 0 Å². The maximum absolute atomic E-state index is 12.7. The number of thiophene rings is 1. The van der Waals surface area contributed by atoms with Crippen LogP contribution in [0, 0.1) is 5.41 Å². The van der Waals surface area contributed by atoms with Gasteiger partial charge in [-0.05, 0) is 48.6 Å². The van der Waals surface area contributed by atoms with Crippen molar-refractivity contribution in [2.75, 3.05) is 17.7 Å². The zero-order valence-electron chi connectivity index (χ0n) is 17.5. The second-order valence-electron chi connectivity index (χ2n) is 7.80. The molecule has 0 atom stereocenters. The molecule has 0 aliphatic rings. The van der Waals surface area contributed by atoms with Crippen molar-refractivity contribution < 1.29 is 14.3 Å². The maximum Gasteiger partial charge on any atom is 0.269 e. The minimum absolute atomic E-state index is 0.100. The molecule has 3 N–H and O–H groups in total. The van der Waals surface area contributed by atoms with Crippen LogP contribution in [0.2, 0.25) is 5.02 Å². The third-order valence-corrected chi connectivity index (χ3v) is 6.19. The zero-order chi connectivity index (χ0) is 22.8. The van der Waals surface area contributed by atoms with E-state index in [-0.39, 0.29) is 11.0 Å². The molecule has 0 spiro atoms. The summed E-state index contributed by atoms with van der Waals surface area (Å²) in [5, 5.41) is 9.73. The van der Waals surface area contributed by atoms with E-state index in [1.54, 1.807) is 37.4 Å². The van der Waals surface area contributed by atoms with E-state index in [4.69, 9.17) is 28.6 Å². The van der Waals surface area contributed by atoms with Crippen LogP contribution >= 0.6 is 35.2 Å². The number of anilines is 2. The van der Waals surface area contributed by atoms with E-state index in [0.29, 0.717) is 27.0 Å². The quantitative estimate of drug-likeness (QED) is 0.423. The average molecular weight is 476 g/mol. The normalized spacial score (nSPS) is 11.1. The predicted molar refractivity (Wildman–Crippen MR) is 132 cm³/mol. The molecule has 0 saturated carbocycles. The van der Waals surface area contributed by atoms with Crippen LogP contribution in [0.3, 0.4) is 0 Å². The number of carbonyl (C=O) groups is 2. The van der Waals surface area contributed by atoms with Gasteiger partial charge < -0.3 is 15.4 Å². The van der Waals surface area contributed by atoms with Gasteiger partial charge in [0.25, 0.3) is 5.91 Å². The van der Waals surface area contributed by atoms with E-state index in [9.17, 15) is 9.59 Å². The summed E-state index contributed by atoms with van der Waals surface area (Å²) in [7, 11) is 1.58. The minimum atomic E-state index is -0.514. The average Bonchev–Trinajstić information content (AvgIpc) is 3.03. The summed E-state index contributed by atoms with van der Waals surface area (Å²) in [5.41, 5.74) is 0.741. The number of thiocarbonyl (C=S) groups is 1. The Morgan fingerprint density at radius 3 is 2.39 bits per heavy atom. The molecule has 0 unspecified atom stereocenters. The first-order chi connectivity index (χ1) is 14.6. The van der Waals surface area contributed by atoms with Gasteiger partial charge in [-0.2, -0.15) is 0 Å². The second-order valence-corrected chi connectivity index (χ2v) is 9.64. The van der Waals surface area contributed by atoms with Crippen LogP contribution in [-0.2, 0) is 4.79 Å². The van der Waals surface area contributed by atoms with Crippen LogP contribution in [0.4, 0.5) is 11.4 Å². The number of rotatable bonds is 4. The van der Waals surface area contributed by atoms with Crippen LogP contribution in [0.15, 0.2) is 42.5 Å². The lowest BCUT2D eigenvalue weighted by molar-refractivity contribution is -0.123. The number of methoxy groups -OCH3 is 1. The molecule has 0 saturated heterocycles. The summed E-state index contributed by atoms with van der Waals surface area (Å²) in [6, 6.07) is 12.5. The van der Waals surface area contributed by atoms with Crippen molar-refractivity contribution in [3.8, 4) is 5.75 Å². The van der Waals surface area contributed by atoms with E-state index in [1.807, 2.05) is 32.9 Å². The SMILES string of the molecule is COc1ccc2c(Cl)c(C(=O)NC(=S)Nc3cccc(NC(=O)C(C)(C)C)c3)sc2c1. The molecule has 162 valence electrons. The van der Waals surface area contributed by atoms with Gasteiger partial charge in [0.1, 0.15) is 10.6 Å². The molecule has 0 radical (unpaired) electrons. The molecular weight excluding hydrogens is 454 g/mol. The van der Waals surface area contributed by atoms with Gasteiger partial charge in [0.15, 0.2) is 5.11 Å². The van der Waals surface area contributed by atoms with Crippen LogP contribution in [0.1, 0.15) is 30.4 Å². The summed E-state index contributed by atoms with van der Waals surface area (Å²) >= 11 is 12.9. The molecule has 9 heteroatoms. The number of ether oxygens (including phenoxy) is 1. The Morgan fingerprint density at radius 1 is 1.06 bits per heavy atom. The summed E-state index contributed by atoms with van der Waals surface area (Å²) in [6.45, 7) is 5.51. The molecule has 3 rings (SSSR count). The van der Waals surface area contributed by atoms with Gasteiger partial charge in [0.2, 0.25) is 5.91 Å². The Labute approximate surface area is 194 Å². The zero-order valence-corrected chi connectivity index (χ0v) is 19.8. The second kappa shape index (κ2) is 9.21. The van der Waals surface area contributed by atoms with Crippen molar-refractivity contribution in [2.24, 2.45) is 5.41 Å². The first-order valence-corrected chi connectivity index (χ1v) is 11.0. The fourth-order valence-electron chi connectivity index (χ4n) is 2.63. The fourth-order valence-corrected chi connectivity index (χ4v) is 4.29. The summed E-state index contributed by atoms with van der Waals surface area (Å²) in [6.07, 6.45) is 0. The lowest BCUT2D eigenvalue weighted by atomic mass is 9.95. The van der Waals surface area contributed by atoms with Crippen LogP contribution in [-0.4, -0.2) is 24.0 Å². The number of halogens is 1. The molecule has 2 aromatic carbocycles. The predicted octanol–water partition coefficient (Wildman–Crippen LogP) is 5.67. The van der Waals surface area contributed by atoms with E-state index in [2.05, 4.69) is 16.0 Å². The first kappa shape index (κ1) is 23.0. The van der Waals surface area contributed by atoms with Gasteiger partial charge in [0, 0.05) is 26.9 Å². The highest BCUT2D eigenvalue weighted by molar-refractivity contribution is 7.80. The standard InChI is InChI=1S/C22H22ClN3O3S2/c1-22(2,3)20(28)24-12-6-5-7-13(10-12)25-21(30)26-19(27)18-17(23)15-9-8-14(29-4)11-16(15)31-18/h5-11H,1-4H3,(H,24,28)(H2,25,26,27,30). The van der Waals surface area contributed by atoms with E-state index >= 15 is 0 Å². The summed E-state index contributed by atoms with van der Waals surface area (Å²) in [4.78, 5) is 25.3. The van der Waals surface area contributed by atoms with Crippen molar-refractivity contribution in [1.29, 1.82) is 0 Å². The third-order valence-electron chi connectivity index (χ3n) is 4.33. The molecule has 6 nitrogen and oxygen atoms in total. The molecule has 0 bridgehead atoms. The van der Waals surface area contributed by atoms with Crippen LogP contribution in [0.5, 0.6) is 5.75 Å². The van der Waals surface area contributed by atoms with Crippen LogP contribution in [0.25, 0.3) is 10.1 Å². The van der Waals surface area contributed by atoms with Gasteiger partial charge in [-0.1, -0.05) is 38.4 Å². The molecule has 1 aromatic heterocycles. The number of amides is 2. The molecular formula is C22H22ClN3O3S2. The van der Waals surface area contributed by atoms with E-state index in [1.165, 1.54) is 11.3 Å². The Hall–Kier alpha value is -2.68. The van der Waals surface area contributed by atoms with Crippen molar-refractivity contribution in [2.45, 2.75) is 20.8 Å². The highest BCUT2D eigenvalue weighted by atomic mass is 35.5. The van der Waals surface area contributed by atoms with Gasteiger partial charge in [0.05, 0.1) is 12.1 Å². The maximum atomic E-state index is 12.7. The highest BCUT2D eigenvalue weighted by Crippen LogP contribution is 2.37. The lowest BCUT2D eigenvalue weighted by Gasteiger charge is -2.18. The van der Waals surface area contributed by atoms with E-state index in [0.717, 1.165) is 10.1 Å². The monoisotopic (exact) mass is 475 g/mol. The Bertz CT molecular complexity index is 1170. The molecule has 2 amide bonds. The van der Waals surface area contributed by atoms with Crippen LogP contribution < -0.4 is 20.7 Å². The highest BCUT2D eigenvalue weighted by Gasteiger charge is 2.21. The van der Waals surface area contributed by atoms with E-state index < -0.39 is 11.3 Å². The third kappa shape index (κ3) is 5.52. The summed E-state index contributed by atoms with van der Waals surface area (Å²) in [5.74, 6) is 0.185. The first-order valence-electron chi connectivity index (χ1n) is 9.38. The smallest absolute Gasteiger partial charge is 0.269 e. The molecule has 31 heavy (non-hydrogen) atoms. The largest absolute Gasteiger partial charge is 0.497 e. The van der Waals surface area contributed by atoms with Crippen molar-refractivity contribution >= 4 is 73.5 Å². The Morgan fingerprint density at radius 2 is 1.74 bits per heavy atom. The minimum Gasteiger partial charge on any atom is -0.497 e. The lowest BCUT2D eigenvalue weighted by Crippen LogP contribution is -2.33. The molecule has 0 fully saturated rings. The van der Waals surface area contributed by atoms with Gasteiger partial charge in [-0.3, -0.25) is 14.9 Å². The number of nitrogens with one attached hydrogen (secondary N) is 3. The number of benzene rings is 2. The van der Waals surface area contributed by atoms with Crippen molar-refractivity contribution in [3.05, 3.63) is 52.4 Å². The fraction of sp³-hybridized carbons (Fsp3) is 0.227. The van der Waals surface area contributed by atoms with Gasteiger partial charge in [-0.25, -0.2) is 0 Å².